The zero-order chi connectivity index (χ0) is 12.0. The van der Waals surface area contributed by atoms with Gasteiger partial charge < -0.3 is 5.32 Å². The highest BCUT2D eigenvalue weighted by Crippen LogP contribution is 2.30. The Morgan fingerprint density at radius 2 is 1.94 bits per heavy atom. The van der Waals surface area contributed by atoms with Gasteiger partial charge in [-0.3, -0.25) is 0 Å². The highest BCUT2D eigenvalue weighted by Gasteiger charge is 2.20. The van der Waals surface area contributed by atoms with Crippen molar-refractivity contribution in [3.63, 3.8) is 0 Å². The Hall–Kier alpha value is -0.340. The van der Waals surface area contributed by atoms with E-state index < -0.39 is 0 Å². The van der Waals surface area contributed by atoms with Gasteiger partial charge in [-0.1, -0.05) is 33.6 Å². The van der Waals surface area contributed by atoms with E-state index in [2.05, 4.69) is 44.5 Å². The van der Waals surface area contributed by atoms with Crippen LogP contribution >= 0.6 is 11.3 Å². The van der Waals surface area contributed by atoms with Gasteiger partial charge in [-0.05, 0) is 42.8 Å². The monoisotopic (exact) mass is 239 g/mol. The SMILES string of the molecule is CCCNC(c1csc(C)c1)C(CC)CC. The van der Waals surface area contributed by atoms with Crippen LogP contribution in [0.5, 0.6) is 0 Å². The summed E-state index contributed by atoms with van der Waals surface area (Å²) in [5, 5.41) is 6.03. The summed E-state index contributed by atoms with van der Waals surface area (Å²) in [6.45, 7) is 10.1. The third kappa shape index (κ3) is 3.60. The fourth-order valence-corrected chi connectivity index (χ4v) is 2.98. The van der Waals surface area contributed by atoms with Crippen molar-refractivity contribution in [3.8, 4) is 0 Å². The summed E-state index contributed by atoms with van der Waals surface area (Å²) in [5.41, 5.74) is 1.49. The van der Waals surface area contributed by atoms with Crippen molar-refractivity contribution in [2.75, 3.05) is 6.54 Å². The minimum Gasteiger partial charge on any atom is -0.310 e. The Bertz CT molecular complexity index is 289. The topological polar surface area (TPSA) is 12.0 Å². The predicted molar refractivity (Wildman–Crippen MR) is 74.2 cm³/mol. The lowest BCUT2D eigenvalue weighted by Crippen LogP contribution is -2.28. The molecule has 1 aromatic heterocycles. The quantitative estimate of drug-likeness (QED) is 0.737. The number of rotatable bonds is 7. The second-order valence-corrected chi connectivity index (χ2v) is 5.61. The number of aryl methyl sites for hydroxylation is 1. The van der Waals surface area contributed by atoms with Gasteiger partial charge >= 0.3 is 0 Å². The third-order valence-electron chi connectivity index (χ3n) is 3.24. The van der Waals surface area contributed by atoms with Crippen LogP contribution < -0.4 is 5.32 Å². The highest BCUT2D eigenvalue weighted by molar-refractivity contribution is 7.10. The predicted octanol–water partition coefficient (Wildman–Crippen LogP) is 4.53. The molecule has 1 aromatic rings. The van der Waals surface area contributed by atoms with Crippen molar-refractivity contribution in [2.45, 2.75) is 53.0 Å². The largest absolute Gasteiger partial charge is 0.310 e. The second-order valence-electron chi connectivity index (χ2n) is 4.50. The summed E-state index contributed by atoms with van der Waals surface area (Å²) < 4.78 is 0. The standard InChI is InChI=1S/C14H25NS/c1-5-8-15-14(12(6-2)7-3)13-9-11(4)16-10-13/h9-10,12,14-15H,5-8H2,1-4H3. The molecule has 0 saturated heterocycles. The van der Waals surface area contributed by atoms with Crippen LogP contribution in [0.3, 0.4) is 0 Å². The molecule has 1 unspecified atom stereocenters. The van der Waals surface area contributed by atoms with Gasteiger partial charge in [-0.15, -0.1) is 11.3 Å². The third-order valence-corrected chi connectivity index (χ3v) is 4.12. The molecule has 1 heterocycles. The summed E-state index contributed by atoms with van der Waals surface area (Å²) >= 11 is 1.86. The van der Waals surface area contributed by atoms with Gasteiger partial charge in [0.15, 0.2) is 0 Å². The molecule has 1 rings (SSSR count). The van der Waals surface area contributed by atoms with Crippen LogP contribution in [0, 0.1) is 12.8 Å². The minimum atomic E-state index is 0.555. The number of hydrogen-bond acceptors (Lipinski definition) is 2. The fraction of sp³-hybridized carbons (Fsp3) is 0.714. The van der Waals surface area contributed by atoms with Crippen molar-refractivity contribution < 1.29 is 0 Å². The molecule has 0 aromatic carbocycles. The summed E-state index contributed by atoms with van der Waals surface area (Å²) in [6.07, 6.45) is 3.72. The smallest absolute Gasteiger partial charge is 0.0356 e. The number of thiophene rings is 1. The summed E-state index contributed by atoms with van der Waals surface area (Å²) in [4.78, 5) is 1.42. The molecule has 0 saturated carbocycles. The molecular formula is C14H25NS. The van der Waals surface area contributed by atoms with Crippen molar-refractivity contribution in [2.24, 2.45) is 5.92 Å². The van der Waals surface area contributed by atoms with E-state index in [1.165, 1.54) is 29.7 Å². The lowest BCUT2D eigenvalue weighted by molar-refractivity contribution is 0.342. The van der Waals surface area contributed by atoms with Gasteiger partial charge in [0.1, 0.15) is 0 Å². The molecule has 0 aliphatic heterocycles. The molecule has 1 atom stereocenters. The van der Waals surface area contributed by atoms with E-state index in [0.717, 1.165) is 12.5 Å². The van der Waals surface area contributed by atoms with Crippen LogP contribution in [0.15, 0.2) is 11.4 Å². The van der Waals surface area contributed by atoms with Crippen LogP contribution in [0.2, 0.25) is 0 Å². The summed E-state index contributed by atoms with van der Waals surface area (Å²) in [5.74, 6) is 0.764. The first kappa shape index (κ1) is 13.7. The second kappa shape index (κ2) is 7.08. The molecule has 2 heteroatoms. The first-order valence-corrected chi connectivity index (χ1v) is 7.39. The summed E-state index contributed by atoms with van der Waals surface area (Å²) in [6, 6.07) is 2.90. The van der Waals surface area contributed by atoms with Crippen molar-refractivity contribution in [3.05, 3.63) is 21.9 Å². The molecule has 92 valence electrons. The first-order chi connectivity index (χ1) is 7.72. The highest BCUT2D eigenvalue weighted by atomic mass is 32.1. The van der Waals surface area contributed by atoms with Crippen LogP contribution in [0.4, 0.5) is 0 Å². The molecule has 0 radical (unpaired) electrons. The lowest BCUT2D eigenvalue weighted by atomic mass is 9.90. The van der Waals surface area contributed by atoms with E-state index in [9.17, 15) is 0 Å². The number of nitrogens with one attached hydrogen (secondary N) is 1. The van der Waals surface area contributed by atoms with E-state index in [1.54, 1.807) is 0 Å². The van der Waals surface area contributed by atoms with Gasteiger partial charge in [0.25, 0.3) is 0 Å². The minimum absolute atomic E-state index is 0.555. The summed E-state index contributed by atoms with van der Waals surface area (Å²) in [7, 11) is 0. The van der Waals surface area contributed by atoms with Gasteiger partial charge in [-0.25, -0.2) is 0 Å². The average Bonchev–Trinajstić information content (AvgIpc) is 2.71. The first-order valence-electron chi connectivity index (χ1n) is 6.51. The maximum absolute atomic E-state index is 3.71. The number of hydrogen-bond donors (Lipinski definition) is 1. The molecule has 1 nitrogen and oxygen atoms in total. The molecule has 1 N–H and O–H groups in total. The lowest BCUT2D eigenvalue weighted by Gasteiger charge is -2.26. The van der Waals surface area contributed by atoms with Gasteiger partial charge in [0.2, 0.25) is 0 Å². The Labute approximate surface area is 104 Å². The van der Waals surface area contributed by atoms with Crippen molar-refractivity contribution >= 4 is 11.3 Å². The van der Waals surface area contributed by atoms with Gasteiger partial charge in [0.05, 0.1) is 0 Å². The van der Waals surface area contributed by atoms with Crippen molar-refractivity contribution in [1.82, 2.24) is 5.32 Å². The van der Waals surface area contributed by atoms with Gasteiger partial charge in [-0.2, -0.15) is 0 Å². The van der Waals surface area contributed by atoms with E-state index in [1.807, 2.05) is 11.3 Å². The van der Waals surface area contributed by atoms with Crippen LogP contribution in [0.1, 0.15) is 56.5 Å². The van der Waals surface area contributed by atoms with Crippen LogP contribution in [0.25, 0.3) is 0 Å². The fourth-order valence-electron chi connectivity index (χ4n) is 2.24. The zero-order valence-corrected chi connectivity index (χ0v) is 11.9. The van der Waals surface area contributed by atoms with Crippen molar-refractivity contribution in [1.29, 1.82) is 0 Å². The van der Waals surface area contributed by atoms with E-state index >= 15 is 0 Å². The average molecular weight is 239 g/mol. The molecule has 0 aliphatic carbocycles. The Balaban J connectivity index is 2.77. The molecule has 0 spiro atoms. The van der Waals surface area contributed by atoms with E-state index in [-0.39, 0.29) is 0 Å². The van der Waals surface area contributed by atoms with E-state index in [4.69, 9.17) is 0 Å². The normalized spacial score (nSPS) is 13.3. The molecular weight excluding hydrogens is 214 g/mol. The molecule has 0 aliphatic rings. The van der Waals surface area contributed by atoms with E-state index in [0.29, 0.717) is 6.04 Å². The molecule has 0 bridgehead atoms. The maximum atomic E-state index is 3.71. The Kier molecular flexibility index (Phi) is 6.07. The van der Waals surface area contributed by atoms with Gasteiger partial charge in [0, 0.05) is 10.9 Å². The molecule has 0 amide bonds. The Morgan fingerprint density at radius 3 is 2.38 bits per heavy atom. The van der Waals surface area contributed by atoms with Crippen LogP contribution in [-0.4, -0.2) is 6.54 Å². The molecule has 16 heavy (non-hydrogen) atoms. The zero-order valence-electron chi connectivity index (χ0n) is 11.0. The maximum Gasteiger partial charge on any atom is 0.0356 e. The van der Waals surface area contributed by atoms with Crippen LogP contribution in [-0.2, 0) is 0 Å². The molecule has 0 fully saturated rings. The Morgan fingerprint density at radius 1 is 1.25 bits per heavy atom.